The molecule has 0 bridgehead atoms. The maximum Gasteiger partial charge on any atom is 0.261 e. The van der Waals surface area contributed by atoms with Crippen LogP contribution in [0, 0.1) is 12.7 Å². The summed E-state index contributed by atoms with van der Waals surface area (Å²) >= 11 is 0. The lowest BCUT2D eigenvalue weighted by Crippen LogP contribution is -2.35. The fourth-order valence-electron chi connectivity index (χ4n) is 2.80. The second kappa shape index (κ2) is 6.84. The molecule has 0 saturated carbocycles. The molecular weight excluding hydrogens is 321 g/mol. The Hall–Kier alpha value is -3.02. The highest BCUT2D eigenvalue weighted by Crippen LogP contribution is 2.16. The fraction of sp³-hybridized carbons (Fsp3) is 0.211. The van der Waals surface area contributed by atoms with Crippen LogP contribution >= 0.6 is 0 Å². The smallest absolute Gasteiger partial charge is 0.261 e. The molecule has 0 fully saturated rings. The first-order valence-electron chi connectivity index (χ1n) is 7.97. The highest BCUT2D eigenvalue weighted by Gasteiger charge is 2.15. The van der Waals surface area contributed by atoms with Crippen LogP contribution in [0.25, 0.3) is 10.9 Å². The zero-order valence-electron chi connectivity index (χ0n) is 14.0. The van der Waals surface area contributed by atoms with E-state index in [1.165, 1.54) is 10.6 Å². The number of aryl methyl sites for hydroxylation is 1. The van der Waals surface area contributed by atoms with Gasteiger partial charge in [-0.05, 0) is 32.0 Å². The topological polar surface area (TPSA) is 64.0 Å². The van der Waals surface area contributed by atoms with Crippen molar-refractivity contribution in [2.75, 3.05) is 0 Å². The minimum Gasteiger partial charge on any atom is -0.348 e. The quantitative estimate of drug-likeness (QED) is 0.795. The van der Waals surface area contributed by atoms with Crippen LogP contribution in [-0.2, 0) is 11.3 Å². The first-order valence-corrected chi connectivity index (χ1v) is 7.97. The standard InChI is InChI=1S/C19H18FN3O2/c1-12(14-7-3-5-9-16(14)20)21-18(24)11-23-13(2)22-17-10-6-4-8-15(17)19(23)25/h3-10,12H,11H2,1-2H3,(H,21,24). The molecule has 0 aliphatic rings. The molecule has 3 rings (SSSR count). The van der Waals surface area contributed by atoms with E-state index in [1.807, 2.05) is 0 Å². The third-order valence-electron chi connectivity index (χ3n) is 4.10. The van der Waals surface area contributed by atoms with Crippen LogP contribution in [0.3, 0.4) is 0 Å². The van der Waals surface area contributed by atoms with Gasteiger partial charge in [-0.3, -0.25) is 14.2 Å². The van der Waals surface area contributed by atoms with Crippen molar-refractivity contribution in [1.82, 2.24) is 14.9 Å². The summed E-state index contributed by atoms with van der Waals surface area (Å²) in [6.45, 7) is 3.22. The fourth-order valence-corrected chi connectivity index (χ4v) is 2.80. The number of amides is 1. The SMILES string of the molecule is Cc1nc2ccccc2c(=O)n1CC(=O)NC(C)c1ccccc1F. The van der Waals surface area contributed by atoms with Gasteiger partial charge in [0.15, 0.2) is 0 Å². The molecule has 6 heteroatoms. The number of benzene rings is 2. The Morgan fingerprint density at radius 1 is 1.20 bits per heavy atom. The number of halogens is 1. The molecule has 1 atom stereocenters. The van der Waals surface area contributed by atoms with E-state index in [1.54, 1.807) is 56.3 Å². The third-order valence-corrected chi connectivity index (χ3v) is 4.10. The van der Waals surface area contributed by atoms with Crippen molar-refractivity contribution in [1.29, 1.82) is 0 Å². The van der Waals surface area contributed by atoms with Crippen molar-refractivity contribution in [3.8, 4) is 0 Å². The van der Waals surface area contributed by atoms with E-state index >= 15 is 0 Å². The molecule has 2 aromatic carbocycles. The van der Waals surface area contributed by atoms with Gasteiger partial charge < -0.3 is 5.32 Å². The minimum atomic E-state index is -0.502. The van der Waals surface area contributed by atoms with Gasteiger partial charge in [-0.1, -0.05) is 30.3 Å². The van der Waals surface area contributed by atoms with E-state index in [-0.39, 0.29) is 23.8 Å². The lowest BCUT2D eigenvalue weighted by Gasteiger charge is -2.16. The zero-order valence-corrected chi connectivity index (χ0v) is 14.0. The van der Waals surface area contributed by atoms with Crippen LogP contribution in [0.4, 0.5) is 4.39 Å². The molecule has 1 aromatic heterocycles. The van der Waals surface area contributed by atoms with Crippen LogP contribution in [0.1, 0.15) is 24.4 Å². The monoisotopic (exact) mass is 339 g/mol. The van der Waals surface area contributed by atoms with Gasteiger partial charge in [0.05, 0.1) is 16.9 Å². The number of carbonyl (C=O) groups is 1. The number of hydrogen-bond acceptors (Lipinski definition) is 3. The molecule has 0 aliphatic carbocycles. The van der Waals surface area contributed by atoms with Gasteiger partial charge in [0.25, 0.3) is 5.56 Å². The second-order valence-corrected chi connectivity index (χ2v) is 5.88. The van der Waals surface area contributed by atoms with Crippen molar-refractivity contribution in [3.05, 3.63) is 76.1 Å². The first-order chi connectivity index (χ1) is 12.0. The van der Waals surface area contributed by atoms with Gasteiger partial charge in [0, 0.05) is 5.56 Å². The molecule has 25 heavy (non-hydrogen) atoms. The summed E-state index contributed by atoms with van der Waals surface area (Å²) in [6, 6.07) is 12.8. The molecule has 0 aliphatic heterocycles. The van der Waals surface area contributed by atoms with Crippen LogP contribution in [0.2, 0.25) is 0 Å². The Morgan fingerprint density at radius 2 is 1.88 bits per heavy atom. The van der Waals surface area contributed by atoms with E-state index in [9.17, 15) is 14.0 Å². The Bertz CT molecular complexity index is 997. The Morgan fingerprint density at radius 3 is 2.64 bits per heavy atom. The zero-order chi connectivity index (χ0) is 18.0. The van der Waals surface area contributed by atoms with E-state index in [2.05, 4.69) is 10.3 Å². The molecule has 1 N–H and O–H groups in total. The summed E-state index contributed by atoms with van der Waals surface area (Å²) < 4.78 is 15.1. The van der Waals surface area contributed by atoms with Crippen LogP contribution in [0.5, 0.6) is 0 Å². The van der Waals surface area contributed by atoms with Gasteiger partial charge in [-0.25, -0.2) is 9.37 Å². The molecule has 3 aromatic rings. The summed E-state index contributed by atoms with van der Waals surface area (Å²) in [5, 5.41) is 3.18. The highest BCUT2D eigenvalue weighted by molar-refractivity contribution is 5.79. The van der Waals surface area contributed by atoms with Crippen molar-refractivity contribution >= 4 is 16.8 Å². The summed E-state index contributed by atoms with van der Waals surface area (Å²) in [7, 11) is 0. The predicted octanol–water partition coefficient (Wildman–Crippen LogP) is 2.72. The van der Waals surface area contributed by atoms with Crippen LogP contribution in [-0.4, -0.2) is 15.5 Å². The average Bonchev–Trinajstić information content (AvgIpc) is 2.59. The van der Waals surface area contributed by atoms with E-state index < -0.39 is 6.04 Å². The van der Waals surface area contributed by atoms with E-state index in [4.69, 9.17) is 0 Å². The number of carbonyl (C=O) groups excluding carboxylic acids is 1. The molecule has 1 unspecified atom stereocenters. The molecule has 0 spiro atoms. The number of hydrogen-bond donors (Lipinski definition) is 1. The molecule has 1 heterocycles. The second-order valence-electron chi connectivity index (χ2n) is 5.88. The first kappa shape index (κ1) is 16.8. The van der Waals surface area contributed by atoms with E-state index in [0.29, 0.717) is 22.3 Å². The maximum absolute atomic E-state index is 13.8. The third kappa shape index (κ3) is 3.42. The Balaban J connectivity index is 1.83. The van der Waals surface area contributed by atoms with Gasteiger partial charge in [-0.2, -0.15) is 0 Å². The minimum absolute atomic E-state index is 0.165. The lowest BCUT2D eigenvalue weighted by molar-refractivity contribution is -0.122. The lowest BCUT2D eigenvalue weighted by atomic mass is 10.1. The van der Waals surface area contributed by atoms with Crippen molar-refractivity contribution in [2.45, 2.75) is 26.4 Å². The highest BCUT2D eigenvalue weighted by atomic mass is 19.1. The Kier molecular flexibility index (Phi) is 4.61. The molecular formula is C19H18FN3O2. The van der Waals surface area contributed by atoms with Gasteiger partial charge in [-0.15, -0.1) is 0 Å². The molecule has 1 amide bonds. The largest absolute Gasteiger partial charge is 0.348 e. The number of fused-ring (bicyclic) bond motifs is 1. The van der Waals surface area contributed by atoms with Gasteiger partial charge >= 0.3 is 0 Å². The summed E-state index contributed by atoms with van der Waals surface area (Å²) in [5.74, 6) is -0.300. The molecule has 0 saturated heterocycles. The number of para-hydroxylation sites is 1. The predicted molar refractivity (Wildman–Crippen MR) is 93.7 cm³/mol. The average molecular weight is 339 g/mol. The van der Waals surface area contributed by atoms with Crippen molar-refractivity contribution < 1.29 is 9.18 Å². The molecule has 0 radical (unpaired) electrons. The van der Waals surface area contributed by atoms with Crippen LogP contribution in [0.15, 0.2) is 53.3 Å². The normalized spacial score (nSPS) is 12.1. The number of nitrogens with one attached hydrogen (secondary N) is 1. The van der Waals surface area contributed by atoms with Crippen LogP contribution < -0.4 is 10.9 Å². The van der Waals surface area contributed by atoms with Crippen molar-refractivity contribution in [3.63, 3.8) is 0 Å². The summed E-state index contributed by atoms with van der Waals surface area (Å²) in [5.41, 5.74) is 0.731. The number of aromatic nitrogens is 2. The van der Waals surface area contributed by atoms with Gasteiger partial charge in [0.1, 0.15) is 18.2 Å². The Labute approximate surface area is 144 Å². The maximum atomic E-state index is 13.8. The van der Waals surface area contributed by atoms with Gasteiger partial charge in [0.2, 0.25) is 5.91 Å². The number of rotatable bonds is 4. The molecule has 5 nitrogen and oxygen atoms in total. The number of nitrogens with zero attached hydrogens (tertiary/aromatic N) is 2. The molecule has 128 valence electrons. The van der Waals surface area contributed by atoms with E-state index in [0.717, 1.165) is 0 Å². The summed E-state index contributed by atoms with van der Waals surface area (Å²) in [6.07, 6.45) is 0. The van der Waals surface area contributed by atoms with Crippen molar-refractivity contribution in [2.24, 2.45) is 0 Å². The summed E-state index contributed by atoms with van der Waals surface area (Å²) in [4.78, 5) is 29.3.